The summed E-state index contributed by atoms with van der Waals surface area (Å²) in [6.07, 6.45) is 5.46. The molecule has 0 spiro atoms. The Morgan fingerprint density at radius 1 is 1.17 bits per heavy atom. The molecule has 132 valence electrons. The second-order valence-corrected chi connectivity index (χ2v) is 8.14. The quantitative estimate of drug-likeness (QED) is 0.762. The first-order chi connectivity index (χ1) is 11.3. The van der Waals surface area contributed by atoms with Crippen molar-refractivity contribution in [3.8, 4) is 0 Å². The van der Waals surface area contributed by atoms with Crippen LogP contribution < -0.4 is 9.62 Å². The molecule has 0 unspecified atom stereocenters. The van der Waals surface area contributed by atoms with E-state index in [1.807, 2.05) is 0 Å². The normalized spacial score (nSPS) is 15.2. The molecule has 1 aliphatic rings. The van der Waals surface area contributed by atoms with Gasteiger partial charge in [0.25, 0.3) is 0 Å². The summed E-state index contributed by atoms with van der Waals surface area (Å²) in [7, 11) is -3.51. The van der Waals surface area contributed by atoms with Crippen molar-refractivity contribution in [2.45, 2.75) is 45.1 Å². The lowest BCUT2D eigenvalue weighted by Crippen LogP contribution is -2.37. The van der Waals surface area contributed by atoms with Gasteiger partial charge in [-0.25, -0.2) is 8.42 Å². The molecule has 7 heteroatoms. The Hall–Kier alpha value is -1.89. The van der Waals surface area contributed by atoms with Crippen LogP contribution in [0.15, 0.2) is 24.3 Å². The van der Waals surface area contributed by atoms with E-state index in [-0.39, 0.29) is 30.7 Å². The van der Waals surface area contributed by atoms with E-state index in [1.54, 1.807) is 24.3 Å². The van der Waals surface area contributed by atoms with E-state index in [1.165, 1.54) is 11.2 Å². The highest BCUT2D eigenvalue weighted by atomic mass is 32.2. The zero-order valence-electron chi connectivity index (χ0n) is 14.1. The fourth-order valence-corrected chi connectivity index (χ4v) is 3.85. The highest BCUT2D eigenvalue weighted by Crippen LogP contribution is 2.20. The van der Waals surface area contributed by atoms with Crippen LogP contribution in [0.25, 0.3) is 0 Å². The summed E-state index contributed by atoms with van der Waals surface area (Å²) in [5.41, 5.74) is 0.974. The fourth-order valence-electron chi connectivity index (χ4n) is 2.92. The summed E-state index contributed by atoms with van der Waals surface area (Å²) < 4.78 is 25.3. The van der Waals surface area contributed by atoms with Crippen LogP contribution in [0.3, 0.4) is 0 Å². The maximum atomic E-state index is 12.0. The van der Waals surface area contributed by atoms with Crippen LogP contribution in [0.2, 0.25) is 0 Å². The third kappa shape index (κ3) is 5.06. The van der Waals surface area contributed by atoms with Gasteiger partial charge in [0.05, 0.1) is 11.9 Å². The molecular formula is C17H24N2O4S. The monoisotopic (exact) mass is 352 g/mol. The average molecular weight is 352 g/mol. The molecule has 0 heterocycles. The third-order valence-corrected chi connectivity index (χ3v) is 5.42. The number of hydrogen-bond acceptors (Lipinski definition) is 4. The molecule has 1 aromatic rings. The number of hydrogen-bond donors (Lipinski definition) is 1. The van der Waals surface area contributed by atoms with Gasteiger partial charge in [-0.1, -0.05) is 12.8 Å². The average Bonchev–Trinajstić information content (AvgIpc) is 2.99. The second kappa shape index (κ2) is 7.79. The first-order valence-electron chi connectivity index (χ1n) is 8.15. The van der Waals surface area contributed by atoms with Crippen LogP contribution in [-0.4, -0.2) is 39.0 Å². The Labute approximate surface area is 143 Å². The van der Waals surface area contributed by atoms with Gasteiger partial charge >= 0.3 is 0 Å². The van der Waals surface area contributed by atoms with E-state index < -0.39 is 10.0 Å². The summed E-state index contributed by atoms with van der Waals surface area (Å²) in [6, 6.07) is 6.58. The lowest BCUT2D eigenvalue weighted by Gasteiger charge is -2.23. The molecule has 1 saturated carbocycles. The molecule has 0 aromatic heterocycles. The number of carbonyl (C=O) groups is 2. The lowest BCUT2D eigenvalue weighted by atomic mass is 10.1. The van der Waals surface area contributed by atoms with Crippen molar-refractivity contribution in [2.75, 3.05) is 17.1 Å². The van der Waals surface area contributed by atoms with Crippen molar-refractivity contribution in [3.05, 3.63) is 29.8 Å². The van der Waals surface area contributed by atoms with Crippen LogP contribution in [0.1, 0.15) is 49.4 Å². The standard InChI is InChI=1S/C17H24N2O4S/c1-13(20)14-7-9-16(10-8-14)19(24(2,22)23)12-11-17(21)18-15-5-3-4-6-15/h7-10,15H,3-6,11-12H2,1-2H3,(H,18,21). The summed E-state index contributed by atoms with van der Waals surface area (Å²) in [5, 5.41) is 2.96. The van der Waals surface area contributed by atoms with E-state index in [0.29, 0.717) is 11.3 Å². The van der Waals surface area contributed by atoms with Crippen molar-refractivity contribution in [1.29, 1.82) is 0 Å². The Kier molecular flexibility index (Phi) is 5.99. The molecule has 0 saturated heterocycles. The zero-order chi connectivity index (χ0) is 17.7. The number of nitrogens with one attached hydrogen (secondary N) is 1. The van der Waals surface area contributed by atoms with E-state index in [0.717, 1.165) is 31.9 Å². The number of sulfonamides is 1. The van der Waals surface area contributed by atoms with Crippen LogP contribution in [0.4, 0.5) is 5.69 Å². The highest BCUT2D eigenvalue weighted by Gasteiger charge is 2.21. The number of Topliss-reactive ketones (excluding diaryl/α,β-unsaturated/α-hetero) is 1. The zero-order valence-corrected chi connectivity index (χ0v) is 14.9. The van der Waals surface area contributed by atoms with Crippen LogP contribution in [0.5, 0.6) is 0 Å². The Morgan fingerprint density at radius 3 is 2.25 bits per heavy atom. The van der Waals surface area contributed by atoms with Crippen molar-refractivity contribution in [3.63, 3.8) is 0 Å². The summed E-state index contributed by atoms with van der Waals surface area (Å²) >= 11 is 0. The number of carbonyl (C=O) groups excluding carboxylic acids is 2. The first-order valence-corrected chi connectivity index (χ1v) is 10.0. The molecule has 0 aliphatic heterocycles. The fraction of sp³-hybridized carbons (Fsp3) is 0.529. The molecule has 24 heavy (non-hydrogen) atoms. The maximum Gasteiger partial charge on any atom is 0.232 e. The van der Waals surface area contributed by atoms with Gasteiger partial charge in [-0.05, 0) is 44.0 Å². The summed E-state index contributed by atoms with van der Waals surface area (Å²) in [4.78, 5) is 23.3. The van der Waals surface area contributed by atoms with Gasteiger partial charge in [0.15, 0.2) is 5.78 Å². The molecule has 1 fully saturated rings. The minimum atomic E-state index is -3.51. The molecule has 0 atom stereocenters. The van der Waals surface area contributed by atoms with Crippen LogP contribution >= 0.6 is 0 Å². The number of amides is 1. The van der Waals surface area contributed by atoms with Gasteiger partial charge in [-0.2, -0.15) is 0 Å². The van der Waals surface area contributed by atoms with Gasteiger partial charge < -0.3 is 5.32 Å². The topological polar surface area (TPSA) is 83.6 Å². The largest absolute Gasteiger partial charge is 0.353 e. The highest BCUT2D eigenvalue weighted by molar-refractivity contribution is 7.92. The van der Waals surface area contributed by atoms with E-state index in [2.05, 4.69) is 5.32 Å². The van der Waals surface area contributed by atoms with Crippen LogP contribution in [-0.2, 0) is 14.8 Å². The van der Waals surface area contributed by atoms with Gasteiger partial charge in [-0.3, -0.25) is 13.9 Å². The molecule has 1 aromatic carbocycles. The number of rotatable bonds is 7. The minimum Gasteiger partial charge on any atom is -0.353 e. The van der Waals surface area contributed by atoms with Crippen LogP contribution in [0, 0.1) is 0 Å². The first kappa shape index (κ1) is 18.4. The number of anilines is 1. The van der Waals surface area contributed by atoms with Gasteiger partial charge in [-0.15, -0.1) is 0 Å². The van der Waals surface area contributed by atoms with E-state index in [9.17, 15) is 18.0 Å². The number of nitrogens with zero attached hydrogens (tertiary/aromatic N) is 1. The second-order valence-electron chi connectivity index (χ2n) is 6.24. The molecule has 1 amide bonds. The van der Waals surface area contributed by atoms with Gasteiger partial charge in [0.1, 0.15) is 0 Å². The molecule has 1 aliphatic carbocycles. The Morgan fingerprint density at radius 2 is 1.75 bits per heavy atom. The molecule has 2 rings (SSSR count). The molecular weight excluding hydrogens is 328 g/mol. The SMILES string of the molecule is CC(=O)c1ccc(N(CCC(=O)NC2CCCC2)S(C)(=O)=O)cc1. The van der Waals surface area contributed by atoms with E-state index >= 15 is 0 Å². The smallest absolute Gasteiger partial charge is 0.232 e. The van der Waals surface area contributed by atoms with Crippen molar-refractivity contribution in [2.24, 2.45) is 0 Å². The molecule has 6 nitrogen and oxygen atoms in total. The Balaban J connectivity index is 2.03. The predicted molar refractivity (Wildman–Crippen MR) is 93.7 cm³/mol. The maximum absolute atomic E-state index is 12.0. The summed E-state index contributed by atoms with van der Waals surface area (Å²) in [6.45, 7) is 1.54. The van der Waals surface area contributed by atoms with E-state index in [4.69, 9.17) is 0 Å². The molecule has 0 radical (unpaired) electrons. The van der Waals surface area contributed by atoms with Crippen molar-refractivity contribution >= 4 is 27.4 Å². The van der Waals surface area contributed by atoms with Crippen molar-refractivity contribution < 1.29 is 18.0 Å². The minimum absolute atomic E-state index is 0.0802. The van der Waals surface area contributed by atoms with Crippen molar-refractivity contribution in [1.82, 2.24) is 5.32 Å². The van der Waals surface area contributed by atoms with Gasteiger partial charge in [0.2, 0.25) is 15.9 Å². The summed E-state index contributed by atoms with van der Waals surface area (Å²) in [5.74, 6) is -0.209. The number of benzene rings is 1. The lowest BCUT2D eigenvalue weighted by molar-refractivity contribution is -0.121. The predicted octanol–water partition coefficient (Wildman–Crippen LogP) is 2.10. The Bertz CT molecular complexity index is 692. The third-order valence-electron chi connectivity index (χ3n) is 4.22. The van der Waals surface area contributed by atoms with Gasteiger partial charge in [0, 0.05) is 24.6 Å². The molecule has 1 N–H and O–H groups in total. The molecule has 0 bridgehead atoms. The number of ketones is 1.